The van der Waals surface area contributed by atoms with Crippen molar-refractivity contribution >= 4 is 18.4 Å². The first-order valence-corrected chi connectivity index (χ1v) is 15.1. The molecule has 0 saturated heterocycles. The molecule has 1 heterocycles. The zero-order chi connectivity index (χ0) is 31.2. The van der Waals surface area contributed by atoms with E-state index in [1.165, 1.54) is 0 Å². The molecular weight excluding hydrogens is 594 g/mol. The summed E-state index contributed by atoms with van der Waals surface area (Å²) in [6.45, 7) is 4.18. The third kappa shape index (κ3) is 6.20. The van der Waals surface area contributed by atoms with Crippen molar-refractivity contribution < 1.29 is 9.90 Å². The zero-order valence-electron chi connectivity index (χ0n) is 25.7. The van der Waals surface area contributed by atoms with E-state index in [-0.39, 0.29) is 18.3 Å². The molecule has 7 nitrogen and oxygen atoms in total. The SMILES string of the molecule is CC(C)C(NCc1ccc(-c2ccccc2)c(-c2nnnn2C(c2ccccc2)(c2ccccc2)c2ccccc2)c1)C(=O)O.Cl. The number of benzene rings is 5. The zero-order valence-corrected chi connectivity index (χ0v) is 26.5. The van der Waals surface area contributed by atoms with Crippen LogP contribution < -0.4 is 5.32 Å². The largest absolute Gasteiger partial charge is 0.480 e. The second-order valence-electron chi connectivity index (χ2n) is 11.4. The van der Waals surface area contributed by atoms with Crippen LogP contribution in [0.4, 0.5) is 0 Å². The number of aromatic nitrogens is 4. The van der Waals surface area contributed by atoms with Gasteiger partial charge in [0.1, 0.15) is 11.6 Å². The van der Waals surface area contributed by atoms with Crippen LogP contribution in [0.1, 0.15) is 36.1 Å². The van der Waals surface area contributed by atoms with Gasteiger partial charge in [-0.1, -0.05) is 147 Å². The number of carbonyl (C=O) groups is 1. The lowest BCUT2D eigenvalue weighted by atomic mass is 9.77. The van der Waals surface area contributed by atoms with Crippen LogP contribution in [0, 0.1) is 5.92 Å². The number of hydrogen-bond donors (Lipinski definition) is 2. The number of tetrazole rings is 1. The standard InChI is InChI=1S/C38H35N5O2.ClH/c1-27(2)35(37(44)45)39-26-28-23-24-33(29-15-7-3-8-16-29)34(25-28)36-40-41-42-43(36)38(30-17-9-4-10-18-30,31-19-11-5-12-20-31)32-21-13-6-14-22-32;/h3-25,27,35,39H,26H2,1-2H3,(H,44,45);1H. The first-order chi connectivity index (χ1) is 22.0. The maximum atomic E-state index is 11.9. The predicted molar refractivity (Wildman–Crippen MR) is 184 cm³/mol. The van der Waals surface area contributed by atoms with Crippen molar-refractivity contribution in [3.63, 3.8) is 0 Å². The quantitative estimate of drug-likeness (QED) is 0.144. The third-order valence-electron chi connectivity index (χ3n) is 8.23. The van der Waals surface area contributed by atoms with Gasteiger partial charge in [0.2, 0.25) is 0 Å². The third-order valence-corrected chi connectivity index (χ3v) is 8.23. The second kappa shape index (κ2) is 14.3. The molecule has 0 aliphatic heterocycles. The molecule has 0 aliphatic carbocycles. The summed E-state index contributed by atoms with van der Waals surface area (Å²) in [4.78, 5) is 11.9. The van der Waals surface area contributed by atoms with Crippen LogP contribution in [0.3, 0.4) is 0 Å². The van der Waals surface area contributed by atoms with Crippen LogP contribution in [0.5, 0.6) is 0 Å². The smallest absolute Gasteiger partial charge is 0.320 e. The molecule has 1 atom stereocenters. The average Bonchev–Trinajstić information content (AvgIpc) is 3.57. The van der Waals surface area contributed by atoms with Gasteiger partial charge >= 0.3 is 5.97 Å². The van der Waals surface area contributed by atoms with E-state index in [2.05, 4.69) is 71.2 Å². The molecule has 46 heavy (non-hydrogen) atoms. The molecule has 6 rings (SSSR count). The number of rotatable bonds is 11. The molecule has 2 N–H and O–H groups in total. The van der Waals surface area contributed by atoms with Gasteiger partial charge in [0.15, 0.2) is 5.82 Å². The number of aliphatic carboxylic acids is 1. The fraction of sp³-hybridized carbons (Fsp3) is 0.158. The molecule has 1 unspecified atom stereocenters. The normalized spacial score (nSPS) is 12.0. The van der Waals surface area contributed by atoms with Gasteiger partial charge in [-0.2, -0.15) is 0 Å². The summed E-state index contributed by atoms with van der Waals surface area (Å²) in [6.07, 6.45) is 0. The summed E-state index contributed by atoms with van der Waals surface area (Å²) in [5.41, 5.74) is 5.89. The molecule has 0 aliphatic rings. The van der Waals surface area contributed by atoms with Gasteiger partial charge in [-0.05, 0) is 55.8 Å². The predicted octanol–water partition coefficient (Wildman–Crippen LogP) is 7.47. The number of nitrogens with zero attached hydrogens (tertiary/aromatic N) is 4. The minimum atomic E-state index is -0.906. The van der Waals surface area contributed by atoms with Gasteiger partial charge in [-0.3, -0.25) is 4.79 Å². The van der Waals surface area contributed by atoms with E-state index in [0.717, 1.165) is 38.9 Å². The van der Waals surface area contributed by atoms with Crippen LogP contribution >= 0.6 is 12.4 Å². The minimum Gasteiger partial charge on any atom is -0.480 e. The Morgan fingerprint density at radius 1 is 0.739 bits per heavy atom. The molecule has 0 saturated carbocycles. The van der Waals surface area contributed by atoms with Crippen LogP contribution in [-0.2, 0) is 16.9 Å². The molecule has 0 amide bonds. The van der Waals surface area contributed by atoms with Crippen molar-refractivity contribution in [3.8, 4) is 22.5 Å². The first kappa shape index (κ1) is 32.3. The van der Waals surface area contributed by atoms with Gasteiger partial charge in [-0.15, -0.1) is 17.5 Å². The van der Waals surface area contributed by atoms with Gasteiger partial charge < -0.3 is 10.4 Å². The van der Waals surface area contributed by atoms with Crippen molar-refractivity contribution in [3.05, 3.63) is 162 Å². The molecule has 5 aromatic carbocycles. The number of halogens is 1. The van der Waals surface area contributed by atoms with E-state index in [9.17, 15) is 9.90 Å². The van der Waals surface area contributed by atoms with Gasteiger partial charge in [0, 0.05) is 12.1 Å². The second-order valence-corrected chi connectivity index (χ2v) is 11.4. The van der Waals surface area contributed by atoms with Gasteiger partial charge in [-0.25, -0.2) is 4.68 Å². The first-order valence-electron chi connectivity index (χ1n) is 15.1. The number of hydrogen-bond acceptors (Lipinski definition) is 5. The summed E-state index contributed by atoms with van der Waals surface area (Å²) in [5, 5.41) is 26.7. The van der Waals surface area contributed by atoms with Crippen molar-refractivity contribution in [2.45, 2.75) is 32.0 Å². The van der Waals surface area contributed by atoms with Crippen molar-refractivity contribution in [2.75, 3.05) is 0 Å². The minimum absolute atomic E-state index is 0. The van der Waals surface area contributed by atoms with Crippen molar-refractivity contribution in [1.82, 2.24) is 25.5 Å². The Balaban J connectivity index is 0.00000417. The maximum absolute atomic E-state index is 11.9. The van der Waals surface area contributed by atoms with Gasteiger partial charge in [0.25, 0.3) is 0 Å². The highest BCUT2D eigenvalue weighted by atomic mass is 35.5. The molecule has 0 spiro atoms. The van der Waals surface area contributed by atoms with E-state index < -0.39 is 17.6 Å². The summed E-state index contributed by atoms with van der Waals surface area (Å²) < 4.78 is 1.93. The lowest BCUT2D eigenvalue weighted by Crippen LogP contribution is -2.40. The number of carboxylic acids is 1. The van der Waals surface area contributed by atoms with Crippen molar-refractivity contribution in [1.29, 1.82) is 0 Å². The fourth-order valence-electron chi connectivity index (χ4n) is 6.08. The Hall–Kier alpha value is -5.11. The Bertz CT molecular complexity index is 1770. The summed E-state index contributed by atoms with van der Waals surface area (Å²) in [5.74, 6) is -0.347. The van der Waals surface area contributed by atoms with Crippen LogP contribution in [0.15, 0.2) is 140 Å². The van der Waals surface area contributed by atoms with E-state index in [1.807, 2.05) is 97.4 Å². The van der Waals surface area contributed by atoms with Crippen molar-refractivity contribution in [2.24, 2.45) is 5.92 Å². The lowest BCUT2D eigenvalue weighted by Gasteiger charge is -2.36. The summed E-state index contributed by atoms with van der Waals surface area (Å²) >= 11 is 0. The average molecular weight is 630 g/mol. The molecule has 0 fully saturated rings. The van der Waals surface area contributed by atoms with E-state index in [0.29, 0.717) is 12.4 Å². The highest BCUT2D eigenvalue weighted by Crippen LogP contribution is 2.43. The molecule has 6 aromatic rings. The van der Waals surface area contributed by atoms with E-state index >= 15 is 0 Å². The van der Waals surface area contributed by atoms with E-state index in [1.54, 1.807) is 0 Å². The summed E-state index contributed by atoms with van der Waals surface area (Å²) in [6, 6.07) is 46.6. The Labute approximate surface area is 275 Å². The van der Waals surface area contributed by atoms with Crippen LogP contribution in [0.25, 0.3) is 22.5 Å². The number of carboxylic acid groups (broad SMARTS) is 1. The maximum Gasteiger partial charge on any atom is 0.320 e. The Morgan fingerprint density at radius 3 is 1.72 bits per heavy atom. The molecule has 0 bridgehead atoms. The number of nitrogens with one attached hydrogen (secondary N) is 1. The van der Waals surface area contributed by atoms with Crippen LogP contribution in [0.2, 0.25) is 0 Å². The Kier molecular flexibility index (Phi) is 10.1. The fourth-order valence-corrected chi connectivity index (χ4v) is 6.08. The molecule has 0 radical (unpaired) electrons. The molecule has 1 aromatic heterocycles. The summed E-state index contributed by atoms with van der Waals surface area (Å²) in [7, 11) is 0. The topological polar surface area (TPSA) is 92.9 Å². The monoisotopic (exact) mass is 629 g/mol. The van der Waals surface area contributed by atoms with E-state index in [4.69, 9.17) is 10.3 Å². The highest BCUT2D eigenvalue weighted by Gasteiger charge is 2.42. The molecule has 8 heteroatoms. The molecular formula is C38H36ClN5O2. The van der Waals surface area contributed by atoms with Gasteiger partial charge in [0.05, 0.1) is 0 Å². The molecule has 232 valence electrons. The van der Waals surface area contributed by atoms with Crippen LogP contribution in [-0.4, -0.2) is 37.3 Å². The Morgan fingerprint density at radius 2 is 1.24 bits per heavy atom. The lowest BCUT2D eigenvalue weighted by molar-refractivity contribution is -0.140. The highest BCUT2D eigenvalue weighted by molar-refractivity contribution is 5.85.